The van der Waals surface area contributed by atoms with Crippen molar-refractivity contribution in [2.45, 2.75) is 31.7 Å². The van der Waals surface area contributed by atoms with Gasteiger partial charge in [-0.05, 0) is 34.4 Å². The van der Waals surface area contributed by atoms with Crippen LogP contribution in [0.2, 0.25) is 0 Å². The van der Waals surface area contributed by atoms with Gasteiger partial charge in [0.25, 0.3) is 0 Å². The van der Waals surface area contributed by atoms with Crippen molar-refractivity contribution in [3.63, 3.8) is 0 Å². The van der Waals surface area contributed by atoms with Gasteiger partial charge >= 0.3 is 5.97 Å². The molecule has 0 N–H and O–H groups in total. The van der Waals surface area contributed by atoms with Gasteiger partial charge in [-0.1, -0.05) is 103 Å². The molecule has 2 unspecified atom stereocenters. The molecule has 4 aromatic rings. The summed E-state index contributed by atoms with van der Waals surface area (Å²) in [6.07, 6.45) is 2.43. The smallest absolute Gasteiger partial charge is 0.333 e. The van der Waals surface area contributed by atoms with Crippen LogP contribution in [-0.2, 0) is 34.0 Å². The summed E-state index contributed by atoms with van der Waals surface area (Å²) in [5.74, 6) is 0.0135. The van der Waals surface area contributed by atoms with Gasteiger partial charge in [0.1, 0.15) is 25.0 Å². The van der Waals surface area contributed by atoms with Gasteiger partial charge in [0.05, 0.1) is 6.54 Å². The van der Waals surface area contributed by atoms with Crippen LogP contribution >= 0.6 is 0 Å². The first-order valence-corrected chi connectivity index (χ1v) is 13.0. The van der Waals surface area contributed by atoms with E-state index in [0.717, 1.165) is 16.7 Å². The van der Waals surface area contributed by atoms with Crippen LogP contribution in [0.4, 0.5) is 0 Å². The second-order valence-corrected chi connectivity index (χ2v) is 9.37. The lowest BCUT2D eigenvalue weighted by molar-refractivity contribution is -0.163. The lowest BCUT2D eigenvalue weighted by Gasteiger charge is -2.40. The molecule has 1 aliphatic heterocycles. The van der Waals surface area contributed by atoms with Crippen LogP contribution in [0.1, 0.15) is 28.3 Å². The number of benzene rings is 4. The van der Waals surface area contributed by atoms with Crippen molar-refractivity contribution in [3.05, 3.63) is 138 Å². The first-order valence-electron chi connectivity index (χ1n) is 13.0. The van der Waals surface area contributed by atoms with Crippen LogP contribution in [0.25, 0.3) is 0 Å². The molecule has 6 nitrogen and oxygen atoms in total. The van der Waals surface area contributed by atoms with E-state index in [1.807, 2.05) is 115 Å². The molecule has 1 heterocycles. The summed E-state index contributed by atoms with van der Waals surface area (Å²) in [6, 6.07) is 35.3. The quantitative estimate of drug-likeness (QED) is 0.148. The van der Waals surface area contributed by atoms with Crippen LogP contribution in [0, 0.1) is 0 Å². The molecule has 1 saturated heterocycles. The van der Waals surface area contributed by atoms with Crippen LogP contribution in [-0.4, -0.2) is 35.6 Å². The molecule has 1 aliphatic rings. The highest BCUT2D eigenvalue weighted by atomic mass is 16.5. The van der Waals surface area contributed by atoms with E-state index in [2.05, 4.69) is 4.99 Å². The molecule has 196 valence electrons. The number of hydrogen-bond acceptors (Lipinski definition) is 5. The standard InChI is InChI=1S/C33H30N2O4/c36-32-30(34-21-20-25-10-4-1-5-11-25)22-35(32)31(33(37)39-24-27-14-8-3-9-15-27)28-16-18-29(19-17-28)38-23-26-12-6-2-7-13-26/h1-19,21,30-31H,20,22-24H2. The van der Waals surface area contributed by atoms with Gasteiger partial charge in [0.15, 0.2) is 6.04 Å². The number of β-lactam (4-membered cyclic amide) rings is 1. The lowest BCUT2D eigenvalue weighted by atomic mass is 9.98. The number of carbonyl (C=O) groups is 2. The highest BCUT2D eigenvalue weighted by molar-refractivity contribution is 5.94. The zero-order chi connectivity index (χ0) is 26.9. The number of likely N-dealkylation sites (tertiary alicyclic amines) is 1. The summed E-state index contributed by atoms with van der Waals surface area (Å²) in [5.41, 5.74) is 3.74. The zero-order valence-corrected chi connectivity index (χ0v) is 21.6. The number of carbonyl (C=O) groups excluding carboxylic acids is 2. The minimum Gasteiger partial charge on any atom is -0.489 e. The number of aliphatic imine (C=N–C) groups is 1. The highest BCUT2D eigenvalue weighted by Gasteiger charge is 2.44. The van der Waals surface area contributed by atoms with E-state index in [9.17, 15) is 9.59 Å². The molecule has 1 amide bonds. The van der Waals surface area contributed by atoms with Crippen LogP contribution in [0.5, 0.6) is 5.75 Å². The van der Waals surface area contributed by atoms with Crippen molar-refractivity contribution in [2.24, 2.45) is 4.99 Å². The number of rotatable bonds is 11. The minimum atomic E-state index is -0.857. The molecule has 0 aromatic heterocycles. The lowest BCUT2D eigenvalue weighted by Crippen LogP contribution is -2.58. The van der Waals surface area contributed by atoms with Crippen LogP contribution in [0.3, 0.4) is 0 Å². The Hall–Kier alpha value is -4.71. The average molecular weight is 519 g/mol. The number of nitrogens with zero attached hydrogens (tertiary/aromatic N) is 2. The van der Waals surface area contributed by atoms with Gasteiger partial charge in [-0.25, -0.2) is 4.79 Å². The van der Waals surface area contributed by atoms with Crippen molar-refractivity contribution in [2.75, 3.05) is 6.54 Å². The SMILES string of the molecule is O=C(OCc1ccccc1)C(c1ccc(OCc2ccccc2)cc1)N1CC(N=CCc2ccccc2)C1=O. The maximum absolute atomic E-state index is 13.3. The van der Waals surface area contributed by atoms with E-state index in [0.29, 0.717) is 30.9 Å². The second-order valence-electron chi connectivity index (χ2n) is 9.37. The Morgan fingerprint density at radius 1 is 0.795 bits per heavy atom. The van der Waals surface area contributed by atoms with Gasteiger partial charge < -0.3 is 14.4 Å². The first kappa shape index (κ1) is 25.9. The van der Waals surface area contributed by atoms with E-state index in [1.54, 1.807) is 6.21 Å². The van der Waals surface area contributed by atoms with Crippen LogP contribution in [0.15, 0.2) is 120 Å². The normalized spacial score (nSPS) is 15.5. The zero-order valence-electron chi connectivity index (χ0n) is 21.6. The fourth-order valence-corrected chi connectivity index (χ4v) is 4.41. The van der Waals surface area contributed by atoms with Crippen molar-refractivity contribution in [1.29, 1.82) is 0 Å². The van der Waals surface area contributed by atoms with Gasteiger partial charge in [-0.15, -0.1) is 0 Å². The predicted octanol–water partition coefficient (Wildman–Crippen LogP) is 5.57. The molecule has 5 rings (SSSR count). The van der Waals surface area contributed by atoms with Crippen molar-refractivity contribution in [3.8, 4) is 5.75 Å². The molecule has 0 spiro atoms. The fraction of sp³-hybridized carbons (Fsp3) is 0.182. The first-order chi connectivity index (χ1) is 19.2. The molecule has 0 aliphatic carbocycles. The molecule has 0 radical (unpaired) electrons. The molecular formula is C33H30N2O4. The Labute approximate surface area is 228 Å². The summed E-state index contributed by atoms with van der Waals surface area (Å²) < 4.78 is 11.6. The molecule has 0 bridgehead atoms. The Morgan fingerprint density at radius 2 is 1.36 bits per heavy atom. The maximum atomic E-state index is 13.3. The Kier molecular flexibility index (Phi) is 8.44. The third kappa shape index (κ3) is 6.79. The van der Waals surface area contributed by atoms with Gasteiger partial charge in [-0.2, -0.15) is 0 Å². The van der Waals surface area contributed by atoms with E-state index < -0.39 is 18.1 Å². The Morgan fingerprint density at radius 3 is 1.95 bits per heavy atom. The fourth-order valence-electron chi connectivity index (χ4n) is 4.41. The number of amides is 1. The molecule has 2 atom stereocenters. The Bertz CT molecular complexity index is 1390. The molecule has 0 saturated carbocycles. The monoisotopic (exact) mass is 518 g/mol. The van der Waals surface area contributed by atoms with E-state index in [1.165, 1.54) is 4.90 Å². The van der Waals surface area contributed by atoms with Gasteiger partial charge in [0, 0.05) is 12.6 Å². The summed E-state index contributed by atoms with van der Waals surface area (Å²) in [7, 11) is 0. The van der Waals surface area contributed by atoms with Crippen molar-refractivity contribution >= 4 is 18.1 Å². The molecule has 39 heavy (non-hydrogen) atoms. The maximum Gasteiger partial charge on any atom is 0.333 e. The summed E-state index contributed by atoms with van der Waals surface area (Å²) in [6.45, 7) is 0.923. The third-order valence-electron chi connectivity index (χ3n) is 6.60. The van der Waals surface area contributed by atoms with Gasteiger partial charge in [0.2, 0.25) is 5.91 Å². The molecule has 1 fully saturated rings. The summed E-state index contributed by atoms with van der Waals surface area (Å²) in [5, 5.41) is 0. The van der Waals surface area contributed by atoms with Crippen molar-refractivity contribution < 1.29 is 19.1 Å². The van der Waals surface area contributed by atoms with Gasteiger partial charge in [-0.3, -0.25) is 9.79 Å². The molecular weight excluding hydrogens is 488 g/mol. The van der Waals surface area contributed by atoms with E-state index >= 15 is 0 Å². The Balaban J connectivity index is 1.26. The number of esters is 1. The average Bonchev–Trinajstić information content (AvgIpc) is 3.00. The van der Waals surface area contributed by atoms with E-state index in [-0.39, 0.29) is 12.5 Å². The molecule has 6 heteroatoms. The largest absolute Gasteiger partial charge is 0.489 e. The number of hydrogen-bond donors (Lipinski definition) is 0. The summed E-state index contributed by atoms with van der Waals surface area (Å²) >= 11 is 0. The minimum absolute atomic E-state index is 0.134. The predicted molar refractivity (Wildman–Crippen MR) is 150 cm³/mol. The highest BCUT2D eigenvalue weighted by Crippen LogP contribution is 2.31. The van der Waals surface area contributed by atoms with Crippen LogP contribution < -0.4 is 4.74 Å². The topological polar surface area (TPSA) is 68.2 Å². The molecule has 4 aromatic carbocycles. The second kappa shape index (κ2) is 12.7. The third-order valence-corrected chi connectivity index (χ3v) is 6.60. The number of ether oxygens (including phenoxy) is 2. The van der Waals surface area contributed by atoms with E-state index in [4.69, 9.17) is 9.47 Å². The summed E-state index contributed by atoms with van der Waals surface area (Å²) in [4.78, 5) is 32.4. The van der Waals surface area contributed by atoms with Crippen molar-refractivity contribution in [1.82, 2.24) is 4.90 Å².